The number of amides is 3. The maximum absolute atomic E-state index is 13.7. The monoisotopic (exact) mass is 387 g/mol. The molecule has 1 heterocycles. The molecule has 0 atom stereocenters. The Kier molecular flexibility index (Phi) is 6.23. The Morgan fingerprint density at radius 1 is 1.14 bits per heavy atom. The second-order valence-electron chi connectivity index (χ2n) is 6.72. The van der Waals surface area contributed by atoms with E-state index in [-0.39, 0.29) is 24.6 Å². The number of halogens is 2. The summed E-state index contributed by atoms with van der Waals surface area (Å²) < 4.78 is 26.7. The van der Waals surface area contributed by atoms with Gasteiger partial charge >= 0.3 is 6.03 Å². The van der Waals surface area contributed by atoms with Gasteiger partial charge in [0.05, 0.1) is 5.69 Å². The minimum atomic E-state index is -0.840. The fourth-order valence-electron chi connectivity index (χ4n) is 3.29. The molecule has 3 amide bonds. The molecule has 0 radical (unpaired) electrons. The number of nitrogens with zero attached hydrogens (tertiary/aromatic N) is 2. The highest BCUT2D eigenvalue weighted by atomic mass is 19.1. The van der Waals surface area contributed by atoms with Crippen LogP contribution in [0, 0.1) is 11.6 Å². The number of benzene rings is 2. The lowest BCUT2D eigenvalue weighted by molar-refractivity contribution is -0.132. The van der Waals surface area contributed by atoms with Crippen molar-refractivity contribution in [1.29, 1.82) is 0 Å². The zero-order valence-corrected chi connectivity index (χ0v) is 15.8. The van der Waals surface area contributed by atoms with Gasteiger partial charge in [0.1, 0.15) is 11.6 Å². The summed E-state index contributed by atoms with van der Waals surface area (Å²) >= 11 is 0. The smallest absolute Gasteiger partial charge is 0.321 e. The number of rotatable bonds is 5. The molecule has 1 aliphatic heterocycles. The van der Waals surface area contributed by atoms with E-state index < -0.39 is 17.7 Å². The molecule has 1 aliphatic rings. The first-order valence-electron chi connectivity index (χ1n) is 9.33. The van der Waals surface area contributed by atoms with Crippen LogP contribution in [-0.2, 0) is 17.8 Å². The van der Waals surface area contributed by atoms with Gasteiger partial charge < -0.3 is 15.1 Å². The number of hydrogen-bond acceptors (Lipinski definition) is 2. The molecule has 0 spiro atoms. The lowest BCUT2D eigenvalue weighted by Gasteiger charge is -2.30. The Balaban J connectivity index is 1.54. The van der Waals surface area contributed by atoms with Gasteiger partial charge in [0.2, 0.25) is 5.91 Å². The number of urea groups is 1. The van der Waals surface area contributed by atoms with E-state index in [1.165, 1.54) is 16.5 Å². The highest BCUT2D eigenvalue weighted by molar-refractivity contribution is 5.89. The fraction of sp³-hybridized carbons (Fsp3) is 0.333. The van der Waals surface area contributed by atoms with Gasteiger partial charge in [-0.1, -0.05) is 24.3 Å². The summed E-state index contributed by atoms with van der Waals surface area (Å²) in [6, 6.07) is 10.5. The second-order valence-corrected chi connectivity index (χ2v) is 6.72. The molecule has 5 nitrogen and oxygen atoms in total. The Labute approximate surface area is 162 Å². The molecular formula is C21H23F2N3O2. The van der Waals surface area contributed by atoms with Crippen LogP contribution in [0.25, 0.3) is 0 Å². The molecule has 0 bridgehead atoms. The molecule has 148 valence electrons. The molecule has 0 saturated carbocycles. The predicted octanol–water partition coefficient (Wildman–Crippen LogP) is 3.79. The standard InChI is InChI=1S/C21H23F2N3O2/c1-2-25(21(28)24-19-8-7-17(22)13-18(19)23)12-10-20(27)26-11-9-15-5-3-4-6-16(15)14-26/h3-8,13H,2,9-12,14H2,1H3,(H,24,28). The quantitative estimate of drug-likeness (QED) is 0.849. The lowest BCUT2D eigenvalue weighted by Crippen LogP contribution is -2.40. The van der Waals surface area contributed by atoms with Crippen LogP contribution in [0.5, 0.6) is 0 Å². The van der Waals surface area contributed by atoms with Crippen molar-refractivity contribution in [2.24, 2.45) is 0 Å². The van der Waals surface area contributed by atoms with E-state index in [1.807, 2.05) is 18.2 Å². The van der Waals surface area contributed by atoms with E-state index in [0.717, 1.165) is 18.1 Å². The summed E-state index contributed by atoms with van der Waals surface area (Å²) in [6.45, 7) is 3.61. The molecule has 1 N–H and O–H groups in total. The van der Waals surface area contributed by atoms with E-state index in [0.29, 0.717) is 25.7 Å². The highest BCUT2D eigenvalue weighted by Gasteiger charge is 2.22. The molecule has 0 unspecified atom stereocenters. The van der Waals surface area contributed by atoms with Gasteiger partial charge in [-0.2, -0.15) is 0 Å². The van der Waals surface area contributed by atoms with Crippen molar-refractivity contribution < 1.29 is 18.4 Å². The summed E-state index contributed by atoms with van der Waals surface area (Å²) in [5, 5.41) is 2.43. The third kappa shape index (κ3) is 4.65. The van der Waals surface area contributed by atoms with Crippen molar-refractivity contribution >= 4 is 17.6 Å². The van der Waals surface area contributed by atoms with Crippen molar-refractivity contribution in [3.63, 3.8) is 0 Å². The van der Waals surface area contributed by atoms with Crippen LogP contribution in [0.15, 0.2) is 42.5 Å². The van der Waals surface area contributed by atoms with Crippen molar-refractivity contribution in [3.05, 3.63) is 65.2 Å². The van der Waals surface area contributed by atoms with Crippen molar-refractivity contribution in [3.8, 4) is 0 Å². The maximum Gasteiger partial charge on any atom is 0.321 e. The van der Waals surface area contributed by atoms with Crippen LogP contribution in [0.4, 0.5) is 19.3 Å². The summed E-state index contributed by atoms with van der Waals surface area (Å²) in [7, 11) is 0. The topological polar surface area (TPSA) is 52.7 Å². The normalized spacial score (nSPS) is 13.0. The minimum Gasteiger partial charge on any atom is -0.338 e. The zero-order valence-electron chi connectivity index (χ0n) is 15.8. The first-order valence-corrected chi connectivity index (χ1v) is 9.33. The molecule has 0 fully saturated rings. The molecule has 0 saturated heterocycles. The summed E-state index contributed by atoms with van der Waals surface area (Å²) in [4.78, 5) is 28.2. The Morgan fingerprint density at radius 2 is 1.89 bits per heavy atom. The number of carbonyl (C=O) groups excluding carboxylic acids is 2. The molecular weight excluding hydrogens is 364 g/mol. The summed E-state index contributed by atoms with van der Waals surface area (Å²) in [5.41, 5.74) is 2.32. The molecule has 0 aromatic heterocycles. The van der Waals surface area contributed by atoms with Gasteiger partial charge in [-0.15, -0.1) is 0 Å². The van der Waals surface area contributed by atoms with Crippen molar-refractivity contribution in [2.45, 2.75) is 26.3 Å². The largest absolute Gasteiger partial charge is 0.338 e. The molecule has 0 aliphatic carbocycles. The van der Waals surface area contributed by atoms with Crippen LogP contribution in [-0.4, -0.2) is 41.4 Å². The van der Waals surface area contributed by atoms with E-state index in [1.54, 1.807) is 11.8 Å². The van der Waals surface area contributed by atoms with Gasteiger partial charge in [0, 0.05) is 38.7 Å². The molecule has 7 heteroatoms. The van der Waals surface area contributed by atoms with E-state index in [9.17, 15) is 18.4 Å². The summed E-state index contributed by atoms with van der Waals surface area (Å²) in [5.74, 6) is -1.57. The maximum atomic E-state index is 13.7. The SMILES string of the molecule is CCN(CCC(=O)N1CCc2ccccc2C1)C(=O)Nc1ccc(F)cc1F. The predicted molar refractivity (Wildman–Crippen MR) is 103 cm³/mol. The van der Waals surface area contributed by atoms with Crippen molar-refractivity contribution in [2.75, 3.05) is 25.0 Å². The number of nitrogens with one attached hydrogen (secondary N) is 1. The number of hydrogen-bond donors (Lipinski definition) is 1. The number of fused-ring (bicyclic) bond motifs is 1. The third-order valence-corrected chi connectivity index (χ3v) is 4.92. The van der Waals surface area contributed by atoms with Crippen LogP contribution in [0.3, 0.4) is 0 Å². The first-order chi connectivity index (χ1) is 13.5. The molecule has 2 aromatic carbocycles. The third-order valence-electron chi connectivity index (χ3n) is 4.92. The van der Waals surface area contributed by atoms with Crippen LogP contribution < -0.4 is 5.32 Å². The Hall–Kier alpha value is -2.96. The van der Waals surface area contributed by atoms with Gasteiger partial charge in [-0.05, 0) is 36.6 Å². The van der Waals surface area contributed by atoms with E-state index in [2.05, 4.69) is 11.4 Å². The Bertz CT molecular complexity index is 872. The van der Waals surface area contributed by atoms with Crippen LogP contribution in [0.1, 0.15) is 24.5 Å². The van der Waals surface area contributed by atoms with Crippen molar-refractivity contribution in [1.82, 2.24) is 9.80 Å². The average Bonchev–Trinajstić information content (AvgIpc) is 2.70. The lowest BCUT2D eigenvalue weighted by atomic mass is 10.00. The second kappa shape index (κ2) is 8.82. The van der Waals surface area contributed by atoms with Gasteiger partial charge in [0.15, 0.2) is 0 Å². The van der Waals surface area contributed by atoms with Gasteiger partial charge in [-0.25, -0.2) is 13.6 Å². The molecule has 28 heavy (non-hydrogen) atoms. The van der Waals surface area contributed by atoms with E-state index >= 15 is 0 Å². The highest BCUT2D eigenvalue weighted by Crippen LogP contribution is 2.19. The summed E-state index contributed by atoms with van der Waals surface area (Å²) in [6.07, 6.45) is 1.01. The molecule has 2 aromatic rings. The van der Waals surface area contributed by atoms with E-state index in [4.69, 9.17) is 0 Å². The average molecular weight is 387 g/mol. The number of anilines is 1. The van der Waals surface area contributed by atoms with Crippen LogP contribution >= 0.6 is 0 Å². The Morgan fingerprint density at radius 3 is 2.61 bits per heavy atom. The van der Waals surface area contributed by atoms with Crippen LogP contribution in [0.2, 0.25) is 0 Å². The van der Waals surface area contributed by atoms with Gasteiger partial charge in [0.25, 0.3) is 0 Å². The van der Waals surface area contributed by atoms with Gasteiger partial charge in [-0.3, -0.25) is 4.79 Å². The minimum absolute atomic E-state index is 0.0197. The first kappa shape index (κ1) is 19.8. The fourth-order valence-corrected chi connectivity index (χ4v) is 3.29. The molecule has 3 rings (SSSR count). The number of carbonyl (C=O) groups is 2. The zero-order chi connectivity index (χ0) is 20.1.